The minimum atomic E-state index is -0.596. The van der Waals surface area contributed by atoms with Gasteiger partial charge in [-0.2, -0.15) is 5.26 Å². The van der Waals surface area contributed by atoms with Crippen molar-refractivity contribution in [2.45, 2.75) is 13.5 Å². The Labute approximate surface area is 169 Å². The molecular formula is C25H20N2O2. The quantitative estimate of drug-likeness (QED) is 0.268. The summed E-state index contributed by atoms with van der Waals surface area (Å²) in [5.41, 5.74) is 3.09. The predicted octanol–water partition coefficient (Wildman–Crippen LogP) is 5.31. The first-order chi connectivity index (χ1) is 14.2. The van der Waals surface area contributed by atoms with E-state index in [-0.39, 0.29) is 12.2 Å². The van der Waals surface area contributed by atoms with Crippen molar-refractivity contribution < 1.29 is 9.53 Å². The molecule has 4 heteroatoms. The van der Waals surface area contributed by atoms with Crippen LogP contribution in [-0.2, 0) is 16.1 Å². The molecule has 4 aromatic rings. The number of esters is 1. The van der Waals surface area contributed by atoms with Gasteiger partial charge in [-0.1, -0.05) is 60.7 Å². The minimum absolute atomic E-state index is 0.0000797. The summed E-state index contributed by atoms with van der Waals surface area (Å²) in [5, 5.41) is 12.8. The van der Waals surface area contributed by atoms with Crippen molar-refractivity contribution in [2.75, 3.05) is 6.61 Å². The lowest BCUT2D eigenvalue weighted by molar-refractivity contribution is -0.137. The van der Waals surface area contributed by atoms with Crippen LogP contribution in [0.15, 0.2) is 78.5 Å². The van der Waals surface area contributed by atoms with Gasteiger partial charge < -0.3 is 9.30 Å². The van der Waals surface area contributed by atoms with Crippen molar-refractivity contribution in [1.29, 1.82) is 5.26 Å². The van der Waals surface area contributed by atoms with Gasteiger partial charge in [-0.05, 0) is 35.4 Å². The first kappa shape index (κ1) is 18.5. The topological polar surface area (TPSA) is 55.0 Å². The van der Waals surface area contributed by atoms with Crippen LogP contribution >= 0.6 is 0 Å². The Morgan fingerprint density at radius 2 is 1.76 bits per heavy atom. The summed E-state index contributed by atoms with van der Waals surface area (Å²) in [4.78, 5) is 12.0. The van der Waals surface area contributed by atoms with Gasteiger partial charge in [-0.15, -0.1) is 0 Å². The Hall–Kier alpha value is -3.84. The maximum Gasteiger partial charge on any atom is 0.348 e. The largest absolute Gasteiger partial charge is 0.462 e. The van der Waals surface area contributed by atoms with Crippen molar-refractivity contribution in [3.05, 3.63) is 89.6 Å². The van der Waals surface area contributed by atoms with E-state index in [9.17, 15) is 10.1 Å². The van der Waals surface area contributed by atoms with E-state index in [0.29, 0.717) is 6.54 Å². The molecule has 0 aliphatic rings. The zero-order chi connectivity index (χ0) is 20.2. The smallest absolute Gasteiger partial charge is 0.348 e. The normalized spacial score (nSPS) is 11.5. The fourth-order valence-corrected chi connectivity index (χ4v) is 3.64. The number of benzene rings is 3. The number of rotatable bonds is 5. The van der Waals surface area contributed by atoms with Gasteiger partial charge in [0.2, 0.25) is 0 Å². The van der Waals surface area contributed by atoms with E-state index >= 15 is 0 Å². The number of carbonyl (C=O) groups excluding carboxylic acids is 1. The van der Waals surface area contributed by atoms with Crippen molar-refractivity contribution in [1.82, 2.24) is 4.57 Å². The Kier molecular flexibility index (Phi) is 5.13. The first-order valence-corrected chi connectivity index (χ1v) is 9.54. The van der Waals surface area contributed by atoms with Gasteiger partial charge >= 0.3 is 5.97 Å². The number of ether oxygens (including phenoxy) is 1. The number of hydrogen-bond acceptors (Lipinski definition) is 3. The number of fused-ring (bicyclic) bond motifs is 2. The van der Waals surface area contributed by atoms with Crippen LogP contribution in [0.5, 0.6) is 0 Å². The van der Waals surface area contributed by atoms with Crippen molar-refractivity contribution in [3.8, 4) is 6.07 Å². The van der Waals surface area contributed by atoms with Gasteiger partial charge in [0, 0.05) is 29.2 Å². The molecule has 1 aromatic heterocycles. The van der Waals surface area contributed by atoms with E-state index in [1.54, 1.807) is 13.0 Å². The molecule has 3 aromatic carbocycles. The van der Waals surface area contributed by atoms with E-state index in [2.05, 4.69) is 34.9 Å². The summed E-state index contributed by atoms with van der Waals surface area (Å²) >= 11 is 0. The third kappa shape index (κ3) is 3.63. The molecule has 0 spiro atoms. The second-order valence-electron chi connectivity index (χ2n) is 6.76. The van der Waals surface area contributed by atoms with Crippen LogP contribution in [0.4, 0.5) is 0 Å². The molecule has 0 bridgehead atoms. The lowest BCUT2D eigenvalue weighted by Crippen LogP contribution is -2.05. The fraction of sp³-hybridized carbons (Fsp3) is 0.120. The monoisotopic (exact) mass is 380 g/mol. The van der Waals surface area contributed by atoms with E-state index in [0.717, 1.165) is 16.5 Å². The molecule has 4 nitrogen and oxygen atoms in total. The molecule has 142 valence electrons. The van der Waals surface area contributed by atoms with Crippen LogP contribution in [0.3, 0.4) is 0 Å². The van der Waals surface area contributed by atoms with Gasteiger partial charge in [0.15, 0.2) is 0 Å². The van der Waals surface area contributed by atoms with Gasteiger partial charge in [0.1, 0.15) is 11.6 Å². The van der Waals surface area contributed by atoms with Crippen molar-refractivity contribution in [2.24, 2.45) is 0 Å². The fourth-order valence-electron chi connectivity index (χ4n) is 3.64. The molecule has 29 heavy (non-hydrogen) atoms. The number of carbonyl (C=O) groups is 1. The van der Waals surface area contributed by atoms with Crippen LogP contribution in [0.1, 0.15) is 18.1 Å². The second-order valence-corrected chi connectivity index (χ2v) is 6.76. The van der Waals surface area contributed by atoms with Gasteiger partial charge in [0.25, 0.3) is 0 Å². The van der Waals surface area contributed by atoms with Crippen LogP contribution in [0, 0.1) is 11.3 Å². The molecule has 0 atom stereocenters. The molecule has 0 aliphatic heterocycles. The zero-order valence-corrected chi connectivity index (χ0v) is 16.1. The summed E-state index contributed by atoms with van der Waals surface area (Å²) in [6.07, 6.45) is 3.60. The van der Waals surface area contributed by atoms with Crippen LogP contribution in [0.2, 0.25) is 0 Å². The molecule has 0 aliphatic carbocycles. The van der Waals surface area contributed by atoms with E-state index in [1.165, 1.54) is 16.3 Å². The van der Waals surface area contributed by atoms with E-state index in [4.69, 9.17) is 4.74 Å². The third-order valence-electron chi connectivity index (χ3n) is 4.96. The average Bonchev–Trinajstić information content (AvgIpc) is 3.10. The maximum atomic E-state index is 12.0. The summed E-state index contributed by atoms with van der Waals surface area (Å²) in [5.74, 6) is -0.596. The predicted molar refractivity (Wildman–Crippen MR) is 115 cm³/mol. The number of para-hydroxylation sites is 1. The van der Waals surface area contributed by atoms with Crippen LogP contribution in [0.25, 0.3) is 27.8 Å². The molecule has 0 radical (unpaired) electrons. The molecule has 0 saturated carbocycles. The highest BCUT2D eigenvalue weighted by Gasteiger charge is 2.13. The van der Waals surface area contributed by atoms with Crippen LogP contribution < -0.4 is 0 Å². The Balaban J connectivity index is 1.81. The third-order valence-corrected chi connectivity index (χ3v) is 4.96. The summed E-state index contributed by atoms with van der Waals surface area (Å²) in [6.45, 7) is 2.65. The number of nitriles is 1. The average molecular weight is 380 g/mol. The highest BCUT2D eigenvalue weighted by molar-refractivity contribution is 6.01. The molecule has 0 amide bonds. The molecule has 0 unspecified atom stereocenters. The highest BCUT2D eigenvalue weighted by atomic mass is 16.5. The van der Waals surface area contributed by atoms with Gasteiger partial charge in [0.05, 0.1) is 6.61 Å². The van der Waals surface area contributed by atoms with Gasteiger partial charge in [-0.25, -0.2) is 4.79 Å². The SMILES string of the molecule is CCOC(=O)/C(C#N)=C/c1cn(Cc2cccc3ccccc23)c2ccccc12. The Morgan fingerprint density at radius 1 is 1.03 bits per heavy atom. The molecule has 0 N–H and O–H groups in total. The zero-order valence-electron chi connectivity index (χ0n) is 16.1. The molecule has 1 heterocycles. The number of nitrogens with zero attached hydrogens (tertiary/aromatic N) is 2. The van der Waals surface area contributed by atoms with Crippen molar-refractivity contribution in [3.63, 3.8) is 0 Å². The molecule has 0 saturated heterocycles. The van der Waals surface area contributed by atoms with Gasteiger partial charge in [-0.3, -0.25) is 0 Å². The Bertz CT molecular complexity index is 1270. The minimum Gasteiger partial charge on any atom is -0.462 e. The Morgan fingerprint density at radius 3 is 2.55 bits per heavy atom. The number of aromatic nitrogens is 1. The lowest BCUT2D eigenvalue weighted by Gasteiger charge is -2.09. The standard InChI is InChI=1S/C25H20N2O2/c1-2-29-25(28)20(15-26)14-21-17-27(24-13-6-5-12-23(21)24)16-19-10-7-9-18-8-3-4-11-22(18)19/h3-14,17H,2,16H2,1H3/b20-14+. The maximum absolute atomic E-state index is 12.0. The number of hydrogen-bond donors (Lipinski definition) is 0. The van der Waals surface area contributed by atoms with E-state index in [1.807, 2.05) is 48.7 Å². The molecule has 4 rings (SSSR count). The second kappa shape index (κ2) is 8.04. The molecular weight excluding hydrogens is 360 g/mol. The van der Waals surface area contributed by atoms with Crippen LogP contribution in [-0.4, -0.2) is 17.1 Å². The lowest BCUT2D eigenvalue weighted by atomic mass is 10.0. The summed E-state index contributed by atoms with van der Waals surface area (Å²) in [7, 11) is 0. The van der Waals surface area contributed by atoms with Crippen molar-refractivity contribution >= 4 is 33.7 Å². The highest BCUT2D eigenvalue weighted by Crippen LogP contribution is 2.26. The summed E-state index contributed by atoms with van der Waals surface area (Å²) < 4.78 is 7.15. The molecule has 0 fully saturated rings. The first-order valence-electron chi connectivity index (χ1n) is 9.54. The van der Waals surface area contributed by atoms with E-state index < -0.39 is 5.97 Å². The summed E-state index contributed by atoms with van der Waals surface area (Å²) in [6, 6.07) is 24.6.